The first-order valence-electron chi connectivity index (χ1n) is 11.0. The number of amides is 1. The molecule has 1 rings (SSSR count). The number of rotatable bonds is 16. The largest absolute Gasteiger partial charge is 0.339 e. The lowest BCUT2D eigenvalue weighted by Crippen LogP contribution is -2.33. The Balaban J connectivity index is 2.52. The topological polar surface area (TPSA) is 89.9 Å². The van der Waals surface area contributed by atoms with Crippen molar-refractivity contribution in [2.24, 2.45) is 0 Å². The van der Waals surface area contributed by atoms with Crippen LogP contribution in [0.2, 0.25) is 0 Å². The van der Waals surface area contributed by atoms with Gasteiger partial charge in [0.15, 0.2) is 0 Å². The fourth-order valence-corrected chi connectivity index (χ4v) is 3.76. The van der Waals surface area contributed by atoms with Crippen LogP contribution in [0.5, 0.6) is 0 Å². The van der Waals surface area contributed by atoms with E-state index in [1.165, 1.54) is 19.3 Å². The summed E-state index contributed by atoms with van der Waals surface area (Å²) in [6, 6.07) is 7.66. The van der Waals surface area contributed by atoms with E-state index in [0.717, 1.165) is 49.9 Å². The number of hydrogen-bond donors (Lipinski definition) is 3. The van der Waals surface area contributed by atoms with Gasteiger partial charge in [-0.1, -0.05) is 58.1 Å². The third-order valence-electron chi connectivity index (χ3n) is 4.93. The summed E-state index contributed by atoms with van der Waals surface area (Å²) in [6.45, 7) is 7.18. The quantitative estimate of drug-likeness (QED) is 0.266. The predicted octanol–water partition coefficient (Wildman–Crippen LogP) is 4.56. The van der Waals surface area contributed by atoms with E-state index >= 15 is 0 Å². The van der Waals surface area contributed by atoms with Crippen LogP contribution < -0.4 is 5.32 Å². The van der Waals surface area contributed by atoms with Crippen molar-refractivity contribution in [3.05, 3.63) is 35.4 Å². The van der Waals surface area contributed by atoms with Crippen molar-refractivity contribution >= 4 is 13.5 Å². The Kier molecular flexibility index (Phi) is 13.1. The summed E-state index contributed by atoms with van der Waals surface area (Å²) in [5, 5.41) is 3.18. The third kappa shape index (κ3) is 12.2. The molecule has 0 fully saturated rings. The van der Waals surface area contributed by atoms with Crippen molar-refractivity contribution < 1.29 is 19.1 Å². The second-order valence-corrected chi connectivity index (χ2v) is 9.45. The van der Waals surface area contributed by atoms with Crippen LogP contribution in [0.1, 0.15) is 81.1 Å². The average Bonchev–Trinajstić information content (AvgIpc) is 2.69. The van der Waals surface area contributed by atoms with Gasteiger partial charge in [-0.25, -0.2) is 0 Å². The predicted molar refractivity (Wildman–Crippen MR) is 119 cm³/mol. The molecule has 0 spiro atoms. The zero-order valence-electron chi connectivity index (χ0n) is 18.1. The Hall–Kier alpha value is -1.20. The molecule has 0 atom stereocenters. The van der Waals surface area contributed by atoms with Gasteiger partial charge >= 0.3 is 7.60 Å². The highest BCUT2D eigenvalue weighted by atomic mass is 31.2. The molecule has 0 aromatic heterocycles. The Morgan fingerprint density at radius 2 is 1.52 bits per heavy atom. The van der Waals surface area contributed by atoms with Gasteiger partial charge in [-0.2, -0.15) is 0 Å². The molecule has 1 aromatic rings. The highest BCUT2D eigenvalue weighted by Crippen LogP contribution is 2.34. The van der Waals surface area contributed by atoms with Crippen LogP contribution in [-0.2, 0) is 11.1 Å². The van der Waals surface area contributed by atoms with Crippen molar-refractivity contribution in [2.75, 3.05) is 25.8 Å². The summed E-state index contributed by atoms with van der Waals surface area (Å²) in [5.41, 5.74) is 1.78. The molecular weight excluding hydrogens is 387 g/mol. The highest BCUT2D eigenvalue weighted by Gasteiger charge is 2.15. The van der Waals surface area contributed by atoms with Crippen molar-refractivity contribution in [2.45, 2.75) is 71.8 Å². The van der Waals surface area contributed by atoms with Crippen LogP contribution in [0.4, 0.5) is 0 Å². The molecule has 1 aromatic carbocycles. The van der Waals surface area contributed by atoms with Crippen LogP contribution in [0.25, 0.3) is 0 Å². The summed E-state index contributed by atoms with van der Waals surface area (Å²) >= 11 is 0. The Morgan fingerprint density at radius 1 is 0.931 bits per heavy atom. The molecule has 1 amide bonds. The fourth-order valence-electron chi connectivity index (χ4n) is 3.19. The van der Waals surface area contributed by atoms with Gasteiger partial charge in [0, 0.05) is 25.2 Å². The average molecular weight is 427 g/mol. The minimum atomic E-state index is -3.91. The normalized spacial score (nSPS) is 11.6. The lowest BCUT2D eigenvalue weighted by molar-refractivity contribution is 0.0749. The minimum absolute atomic E-state index is 0.0977. The van der Waals surface area contributed by atoms with Crippen LogP contribution in [0.15, 0.2) is 24.3 Å². The molecule has 0 saturated heterocycles. The molecular formula is C22H39N2O4P. The van der Waals surface area contributed by atoms with E-state index in [1.807, 2.05) is 29.2 Å². The first-order chi connectivity index (χ1) is 13.9. The summed E-state index contributed by atoms with van der Waals surface area (Å²) in [7, 11) is -3.91. The SMILES string of the molecule is CCCCCCN(CCCCC)C(=O)c1ccc(CNCCCP(=O)(O)O)cc1. The van der Waals surface area contributed by atoms with E-state index in [-0.39, 0.29) is 12.1 Å². The van der Waals surface area contributed by atoms with E-state index < -0.39 is 7.60 Å². The number of carbonyl (C=O) groups excluding carboxylic acids is 1. The van der Waals surface area contributed by atoms with Gasteiger partial charge < -0.3 is 20.0 Å². The van der Waals surface area contributed by atoms with E-state index in [4.69, 9.17) is 9.79 Å². The Labute approximate surface area is 176 Å². The van der Waals surface area contributed by atoms with E-state index in [1.54, 1.807) is 0 Å². The molecule has 0 unspecified atom stereocenters. The van der Waals surface area contributed by atoms with Gasteiger partial charge in [-0.15, -0.1) is 0 Å². The minimum Gasteiger partial charge on any atom is -0.339 e. The number of nitrogens with zero attached hydrogens (tertiary/aromatic N) is 1. The van der Waals surface area contributed by atoms with Gasteiger partial charge in [0.2, 0.25) is 0 Å². The number of carbonyl (C=O) groups is 1. The maximum absolute atomic E-state index is 12.9. The van der Waals surface area contributed by atoms with Crippen LogP contribution in [0, 0.1) is 0 Å². The van der Waals surface area contributed by atoms with E-state index in [2.05, 4.69) is 19.2 Å². The molecule has 0 aliphatic carbocycles. The van der Waals surface area contributed by atoms with Gasteiger partial charge in [0.25, 0.3) is 5.91 Å². The van der Waals surface area contributed by atoms with Gasteiger partial charge in [-0.3, -0.25) is 9.36 Å². The Bertz CT molecular complexity index is 616. The Morgan fingerprint density at radius 3 is 2.10 bits per heavy atom. The summed E-state index contributed by atoms with van der Waals surface area (Å²) in [5.74, 6) is 0.110. The molecule has 6 nitrogen and oxygen atoms in total. The fraction of sp³-hybridized carbons (Fsp3) is 0.682. The first-order valence-corrected chi connectivity index (χ1v) is 12.8. The second kappa shape index (κ2) is 14.7. The lowest BCUT2D eigenvalue weighted by Gasteiger charge is -2.23. The molecule has 3 N–H and O–H groups in total. The van der Waals surface area contributed by atoms with Crippen LogP contribution >= 0.6 is 7.60 Å². The molecule has 29 heavy (non-hydrogen) atoms. The molecule has 0 saturated carbocycles. The summed E-state index contributed by atoms with van der Waals surface area (Å²) in [4.78, 5) is 32.7. The number of benzene rings is 1. The number of nitrogens with one attached hydrogen (secondary N) is 1. The van der Waals surface area contributed by atoms with Crippen molar-refractivity contribution in [3.63, 3.8) is 0 Å². The maximum atomic E-state index is 12.9. The lowest BCUT2D eigenvalue weighted by atomic mass is 10.1. The van der Waals surface area contributed by atoms with Crippen molar-refractivity contribution in [1.29, 1.82) is 0 Å². The first kappa shape index (κ1) is 25.8. The third-order valence-corrected chi connectivity index (χ3v) is 5.83. The van der Waals surface area contributed by atoms with Gasteiger partial charge in [0.1, 0.15) is 0 Å². The molecule has 7 heteroatoms. The number of unbranched alkanes of at least 4 members (excludes halogenated alkanes) is 5. The smallest absolute Gasteiger partial charge is 0.325 e. The zero-order chi connectivity index (χ0) is 21.5. The zero-order valence-corrected chi connectivity index (χ0v) is 19.0. The molecule has 0 bridgehead atoms. The second-order valence-electron chi connectivity index (χ2n) is 7.68. The van der Waals surface area contributed by atoms with Crippen LogP contribution in [0.3, 0.4) is 0 Å². The highest BCUT2D eigenvalue weighted by molar-refractivity contribution is 7.51. The van der Waals surface area contributed by atoms with Crippen molar-refractivity contribution in [1.82, 2.24) is 10.2 Å². The number of hydrogen-bond acceptors (Lipinski definition) is 3. The maximum Gasteiger partial charge on any atom is 0.325 e. The van der Waals surface area contributed by atoms with E-state index in [9.17, 15) is 9.36 Å². The standard InChI is InChI=1S/C22H39N2O4P/c1-3-5-7-9-17-24(16-8-6-4-2)22(25)21-13-11-20(12-14-21)19-23-15-10-18-29(26,27)28/h11-14,23H,3-10,15-19H2,1-2H3,(H2,26,27,28). The molecule has 0 heterocycles. The summed E-state index contributed by atoms with van der Waals surface area (Å²) in [6.07, 6.45) is 8.31. The van der Waals surface area contributed by atoms with Crippen LogP contribution in [-0.4, -0.2) is 46.4 Å². The molecule has 0 aliphatic heterocycles. The van der Waals surface area contributed by atoms with Gasteiger partial charge in [-0.05, 0) is 43.5 Å². The summed E-state index contributed by atoms with van der Waals surface area (Å²) < 4.78 is 10.8. The van der Waals surface area contributed by atoms with Gasteiger partial charge in [0.05, 0.1) is 6.16 Å². The molecule has 0 radical (unpaired) electrons. The molecule has 166 valence electrons. The van der Waals surface area contributed by atoms with E-state index in [0.29, 0.717) is 19.5 Å². The molecule has 0 aliphatic rings. The van der Waals surface area contributed by atoms with Crippen molar-refractivity contribution in [3.8, 4) is 0 Å². The monoisotopic (exact) mass is 426 g/mol.